The van der Waals surface area contributed by atoms with Gasteiger partial charge in [-0.3, -0.25) is 4.79 Å². The van der Waals surface area contributed by atoms with Gasteiger partial charge in [-0.05, 0) is 73.2 Å². The first-order chi connectivity index (χ1) is 14.9. The van der Waals surface area contributed by atoms with Crippen LogP contribution in [0.4, 0.5) is 0 Å². The summed E-state index contributed by atoms with van der Waals surface area (Å²) in [6.45, 7) is 1.61. The van der Waals surface area contributed by atoms with Crippen LogP contribution in [0.15, 0.2) is 77.9 Å². The van der Waals surface area contributed by atoms with Gasteiger partial charge in [-0.1, -0.05) is 35.3 Å². The van der Waals surface area contributed by atoms with Crippen molar-refractivity contribution in [2.45, 2.75) is 13.0 Å². The number of esters is 1. The van der Waals surface area contributed by atoms with E-state index < -0.39 is 18.0 Å². The van der Waals surface area contributed by atoms with Crippen LogP contribution in [-0.4, -0.2) is 24.2 Å². The molecule has 0 saturated carbocycles. The minimum Gasteiger partial charge on any atom is -0.481 e. The van der Waals surface area contributed by atoms with Crippen LogP contribution in [0.3, 0.4) is 0 Å². The van der Waals surface area contributed by atoms with Crippen LogP contribution < -0.4 is 14.9 Å². The first kappa shape index (κ1) is 22.3. The Labute approximate surface area is 189 Å². The topological polar surface area (TPSA) is 77.0 Å². The fraction of sp³-hybridized carbons (Fsp3) is 0.0870. The number of hydrogen-bond donors (Lipinski definition) is 1. The van der Waals surface area contributed by atoms with Crippen molar-refractivity contribution in [3.05, 3.63) is 94.0 Å². The third-order valence-electron chi connectivity index (χ3n) is 4.02. The van der Waals surface area contributed by atoms with Gasteiger partial charge in [0.2, 0.25) is 0 Å². The lowest BCUT2D eigenvalue weighted by molar-refractivity contribution is -0.127. The van der Waals surface area contributed by atoms with Gasteiger partial charge in [-0.15, -0.1) is 0 Å². The molecule has 3 aromatic carbocycles. The Morgan fingerprint density at radius 3 is 2.29 bits per heavy atom. The summed E-state index contributed by atoms with van der Waals surface area (Å²) in [7, 11) is 0. The Bertz CT molecular complexity index is 1100. The molecule has 0 heterocycles. The molecule has 1 atom stereocenters. The largest absolute Gasteiger partial charge is 0.481 e. The summed E-state index contributed by atoms with van der Waals surface area (Å²) < 4.78 is 10.8. The molecule has 3 aromatic rings. The summed E-state index contributed by atoms with van der Waals surface area (Å²) in [6, 6.07) is 19.9. The maximum Gasteiger partial charge on any atom is 0.343 e. The van der Waals surface area contributed by atoms with E-state index in [1.807, 2.05) is 0 Å². The summed E-state index contributed by atoms with van der Waals surface area (Å²) >= 11 is 11.8. The van der Waals surface area contributed by atoms with Gasteiger partial charge in [0.1, 0.15) is 11.5 Å². The monoisotopic (exact) mass is 456 g/mol. The van der Waals surface area contributed by atoms with Crippen molar-refractivity contribution in [3.63, 3.8) is 0 Å². The number of ether oxygens (including phenoxy) is 2. The molecule has 0 aliphatic carbocycles. The van der Waals surface area contributed by atoms with Crippen molar-refractivity contribution in [2.75, 3.05) is 0 Å². The molecule has 0 aliphatic heterocycles. The van der Waals surface area contributed by atoms with E-state index in [-0.39, 0.29) is 0 Å². The predicted octanol–water partition coefficient (Wildman–Crippen LogP) is 5.13. The highest BCUT2D eigenvalue weighted by Gasteiger charge is 2.14. The zero-order valence-electron chi connectivity index (χ0n) is 16.4. The molecule has 0 bridgehead atoms. The van der Waals surface area contributed by atoms with Gasteiger partial charge in [0.15, 0.2) is 6.10 Å². The van der Waals surface area contributed by atoms with Crippen LogP contribution in [0.25, 0.3) is 0 Å². The van der Waals surface area contributed by atoms with Gasteiger partial charge in [-0.2, -0.15) is 5.10 Å². The molecule has 0 saturated heterocycles. The van der Waals surface area contributed by atoms with Crippen molar-refractivity contribution in [1.29, 1.82) is 0 Å². The average molecular weight is 457 g/mol. The van der Waals surface area contributed by atoms with Crippen molar-refractivity contribution in [2.24, 2.45) is 5.10 Å². The van der Waals surface area contributed by atoms with E-state index in [4.69, 9.17) is 32.7 Å². The Balaban J connectivity index is 1.51. The van der Waals surface area contributed by atoms with E-state index >= 15 is 0 Å². The van der Waals surface area contributed by atoms with Crippen molar-refractivity contribution >= 4 is 41.3 Å². The van der Waals surface area contributed by atoms with Crippen LogP contribution in [-0.2, 0) is 4.79 Å². The molecule has 1 N–H and O–H groups in total. The number of benzene rings is 3. The highest BCUT2D eigenvalue weighted by Crippen LogP contribution is 2.18. The quantitative estimate of drug-likeness (QED) is 0.231. The highest BCUT2D eigenvalue weighted by molar-refractivity contribution is 6.31. The number of hydrogen-bond acceptors (Lipinski definition) is 5. The number of nitrogens with zero attached hydrogens (tertiary/aromatic N) is 1. The Hall–Kier alpha value is -3.35. The summed E-state index contributed by atoms with van der Waals surface area (Å²) in [5.74, 6) is -0.0649. The third-order valence-corrected chi connectivity index (χ3v) is 4.49. The summed E-state index contributed by atoms with van der Waals surface area (Å²) in [5.41, 5.74) is 3.47. The second-order valence-corrected chi connectivity index (χ2v) is 7.29. The molecule has 0 aromatic heterocycles. The molecule has 1 amide bonds. The standard InChI is InChI=1S/C23H18Cl2N2O4/c1-15(30-21-7-3-6-19(25)13-21)22(28)27-26-14-16-8-10-20(11-9-16)31-23(29)17-4-2-5-18(24)12-17/h2-15H,1H3,(H,27,28)/b26-14+. The smallest absolute Gasteiger partial charge is 0.343 e. The van der Waals surface area contributed by atoms with E-state index in [2.05, 4.69) is 10.5 Å². The lowest BCUT2D eigenvalue weighted by Gasteiger charge is -2.12. The van der Waals surface area contributed by atoms with E-state index in [1.165, 1.54) is 12.3 Å². The van der Waals surface area contributed by atoms with Crippen molar-refractivity contribution in [1.82, 2.24) is 5.43 Å². The fourth-order valence-electron chi connectivity index (χ4n) is 2.46. The average Bonchev–Trinajstić information content (AvgIpc) is 2.75. The summed E-state index contributed by atoms with van der Waals surface area (Å²) in [6.07, 6.45) is 0.705. The number of amides is 1. The van der Waals surface area contributed by atoms with Gasteiger partial charge in [0.25, 0.3) is 5.91 Å². The zero-order valence-corrected chi connectivity index (χ0v) is 17.9. The van der Waals surface area contributed by atoms with E-state index in [0.717, 1.165) is 0 Å². The van der Waals surface area contributed by atoms with E-state index in [9.17, 15) is 9.59 Å². The highest BCUT2D eigenvalue weighted by atomic mass is 35.5. The molecule has 31 heavy (non-hydrogen) atoms. The van der Waals surface area contributed by atoms with Crippen LogP contribution in [0.1, 0.15) is 22.8 Å². The fourth-order valence-corrected chi connectivity index (χ4v) is 2.83. The van der Waals surface area contributed by atoms with Crippen molar-refractivity contribution < 1.29 is 19.1 Å². The molecule has 0 radical (unpaired) electrons. The second-order valence-electron chi connectivity index (χ2n) is 6.42. The predicted molar refractivity (Wildman–Crippen MR) is 120 cm³/mol. The number of nitrogens with one attached hydrogen (secondary N) is 1. The van der Waals surface area contributed by atoms with Gasteiger partial charge in [-0.25, -0.2) is 10.2 Å². The molecule has 6 nitrogen and oxygen atoms in total. The number of carbonyl (C=O) groups is 2. The number of hydrazone groups is 1. The summed E-state index contributed by atoms with van der Waals surface area (Å²) in [5, 5.41) is 4.89. The van der Waals surface area contributed by atoms with E-state index in [0.29, 0.717) is 32.7 Å². The molecule has 0 spiro atoms. The molecule has 0 aliphatic rings. The maximum absolute atomic E-state index is 12.1. The number of rotatable bonds is 7. The Kier molecular flexibility index (Phi) is 7.65. The first-order valence-corrected chi connectivity index (χ1v) is 9.99. The molecule has 3 rings (SSSR count). The molecule has 158 valence electrons. The number of halogens is 2. The van der Waals surface area contributed by atoms with Crippen LogP contribution in [0, 0.1) is 0 Å². The van der Waals surface area contributed by atoms with Crippen LogP contribution >= 0.6 is 23.2 Å². The minimum absolute atomic E-state index is 0.356. The minimum atomic E-state index is -0.760. The molecule has 1 unspecified atom stereocenters. The third kappa shape index (κ3) is 6.84. The molecular formula is C23H18Cl2N2O4. The zero-order chi connectivity index (χ0) is 22.2. The Morgan fingerprint density at radius 2 is 1.61 bits per heavy atom. The summed E-state index contributed by atoms with van der Waals surface area (Å²) in [4.78, 5) is 24.2. The lowest BCUT2D eigenvalue weighted by Crippen LogP contribution is -2.33. The van der Waals surface area contributed by atoms with Gasteiger partial charge >= 0.3 is 5.97 Å². The lowest BCUT2D eigenvalue weighted by atomic mass is 10.2. The van der Waals surface area contributed by atoms with Crippen LogP contribution in [0.2, 0.25) is 10.0 Å². The SMILES string of the molecule is CC(Oc1cccc(Cl)c1)C(=O)N/N=C/c1ccc(OC(=O)c2cccc(Cl)c2)cc1. The molecule has 8 heteroatoms. The maximum atomic E-state index is 12.1. The van der Waals surface area contributed by atoms with Gasteiger partial charge in [0, 0.05) is 10.0 Å². The number of carbonyl (C=O) groups excluding carboxylic acids is 2. The Morgan fingerprint density at radius 1 is 0.935 bits per heavy atom. The first-order valence-electron chi connectivity index (χ1n) is 9.23. The van der Waals surface area contributed by atoms with Gasteiger partial charge in [0.05, 0.1) is 11.8 Å². The molecule has 0 fully saturated rings. The second kappa shape index (κ2) is 10.6. The normalized spacial score (nSPS) is 11.7. The van der Waals surface area contributed by atoms with Crippen molar-refractivity contribution in [3.8, 4) is 11.5 Å². The van der Waals surface area contributed by atoms with E-state index in [1.54, 1.807) is 73.7 Å². The van der Waals surface area contributed by atoms with Crippen LogP contribution in [0.5, 0.6) is 11.5 Å². The van der Waals surface area contributed by atoms with Gasteiger partial charge < -0.3 is 9.47 Å². The molecular weight excluding hydrogens is 439 g/mol.